The van der Waals surface area contributed by atoms with Crippen LogP contribution in [0.15, 0.2) is 67.1 Å². The van der Waals surface area contributed by atoms with Crippen LogP contribution in [0.2, 0.25) is 0 Å². The van der Waals surface area contributed by atoms with E-state index >= 15 is 0 Å². The second kappa shape index (κ2) is 11.3. The first kappa shape index (κ1) is 22.5. The van der Waals surface area contributed by atoms with Gasteiger partial charge in [-0.25, -0.2) is 9.78 Å². The average molecular weight is 446 g/mol. The molecule has 3 aromatic rings. The molecule has 172 valence electrons. The minimum atomic E-state index is -0.191. The maximum Gasteiger partial charge on any atom is 0.315 e. The standard InChI is InChI=1S/C25H31N7O/c1-2-31-13-15-32(16-14-31)24-17-21(7-12-27-24)19-29-25(33)28-18-20-3-5-22(6-4-20)30-23-8-10-26-11-9-23/h3-12,17H,2,13-16,18-19H2,1H3,(H,26,30)(H2,28,29,33). The van der Waals surface area contributed by atoms with Crippen LogP contribution in [0.25, 0.3) is 0 Å². The van der Waals surface area contributed by atoms with Gasteiger partial charge in [0.15, 0.2) is 0 Å². The Morgan fingerprint density at radius 2 is 1.52 bits per heavy atom. The highest BCUT2D eigenvalue weighted by Crippen LogP contribution is 2.17. The van der Waals surface area contributed by atoms with Crippen LogP contribution in [0.4, 0.5) is 22.0 Å². The van der Waals surface area contributed by atoms with Gasteiger partial charge in [-0.15, -0.1) is 0 Å². The number of pyridine rings is 2. The number of likely N-dealkylation sites (N-methyl/N-ethyl adjacent to an activating group) is 1. The van der Waals surface area contributed by atoms with Crippen LogP contribution < -0.4 is 20.9 Å². The lowest BCUT2D eigenvalue weighted by molar-refractivity contribution is 0.240. The Morgan fingerprint density at radius 1 is 0.848 bits per heavy atom. The summed E-state index contributed by atoms with van der Waals surface area (Å²) >= 11 is 0. The van der Waals surface area contributed by atoms with E-state index in [0.29, 0.717) is 13.1 Å². The maximum absolute atomic E-state index is 12.3. The van der Waals surface area contributed by atoms with Crippen LogP contribution in [0.5, 0.6) is 0 Å². The van der Waals surface area contributed by atoms with Gasteiger partial charge >= 0.3 is 6.03 Å². The molecule has 33 heavy (non-hydrogen) atoms. The highest BCUT2D eigenvalue weighted by atomic mass is 16.2. The van der Waals surface area contributed by atoms with Gasteiger partial charge in [-0.05, 0) is 54.1 Å². The van der Waals surface area contributed by atoms with E-state index in [9.17, 15) is 4.79 Å². The Kier molecular flexibility index (Phi) is 7.71. The molecule has 0 radical (unpaired) electrons. The second-order valence-corrected chi connectivity index (χ2v) is 8.04. The third-order valence-electron chi connectivity index (χ3n) is 5.78. The van der Waals surface area contributed by atoms with Crippen molar-refractivity contribution in [2.45, 2.75) is 20.0 Å². The van der Waals surface area contributed by atoms with Crippen LogP contribution in [0, 0.1) is 0 Å². The smallest absolute Gasteiger partial charge is 0.315 e. The molecule has 4 rings (SSSR count). The predicted octanol–water partition coefficient (Wildman–Crippen LogP) is 3.36. The minimum Gasteiger partial charge on any atom is -0.355 e. The normalized spacial score (nSPS) is 14.0. The summed E-state index contributed by atoms with van der Waals surface area (Å²) in [7, 11) is 0. The molecule has 3 heterocycles. The fourth-order valence-electron chi connectivity index (χ4n) is 3.77. The molecule has 1 aliphatic heterocycles. The molecule has 2 amide bonds. The molecule has 1 fully saturated rings. The van der Waals surface area contributed by atoms with Crippen LogP contribution >= 0.6 is 0 Å². The van der Waals surface area contributed by atoms with E-state index in [4.69, 9.17) is 0 Å². The lowest BCUT2D eigenvalue weighted by atomic mass is 10.2. The van der Waals surface area contributed by atoms with Crippen LogP contribution in [-0.2, 0) is 13.1 Å². The molecule has 8 nitrogen and oxygen atoms in total. The highest BCUT2D eigenvalue weighted by molar-refractivity contribution is 5.73. The molecule has 0 aliphatic carbocycles. The minimum absolute atomic E-state index is 0.191. The van der Waals surface area contributed by atoms with Crippen molar-refractivity contribution in [2.75, 3.05) is 42.9 Å². The summed E-state index contributed by atoms with van der Waals surface area (Å²) < 4.78 is 0. The fourth-order valence-corrected chi connectivity index (χ4v) is 3.77. The predicted molar refractivity (Wildman–Crippen MR) is 132 cm³/mol. The third-order valence-corrected chi connectivity index (χ3v) is 5.78. The summed E-state index contributed by atoms with van der Waals surface area (Å²) in [5, 5.41) is 9.17. The topological polar surface area (TPSA) is 85.4 Å². The Hall–Kier alpha value is -3.65. The largest absolute Gasteiger partial charge is 0.355 e. The van der Waals surface area contributed by atoms with Gasteiger partial charge in [-0.3, -0.25) is 4.98 Å². The van der Waals surface area contributed by atoms with Crippen molar-refractivity contribution in [1.29, 1.82) is 0 Å². The van der Waals surface area contributed by atoms with Crippen molar-refractivity contribution in [1.82, 2.24) is 25.5 Å². The lowest BCUT2D eigenvalue weighted by Crippen LogP contribution is -2.46. The zero-order valence-electron chi connectivity index (χ0n) is 19.0. The highest BCUT2D eigenvalue weighted by Gasteiger charge is 2.16. The maximum atomic E-state index is 12.3. The summed E-state index contributed by atoms with van der Waals surface area (Å²) in [5.74, 6) is 0.978. The SMILES string of the molecule is CCN1CCN(c2cc(CNC(=O)NCc3ccc(Nc4ccncc4)cc3)ccn2)CC1. The van der Waals surface area contributed by atoms with Gasteiger partial charge in [0.25, 0.3) is 0 Å². The van der Waals surface area contributed by atoms with Crippen molar-refractivity contribution in [3.63, 3.8) is 0 Å². The number of aromatic nitrogens is 2. The molecule has 0 atom stereocenters. The molecule has 0 saturated carbocycles. The van der Waals surface area contributed by atoms with Crippen LogP contribution in [0.1, 0.15) is 18.1 Å². The van der Waals surface area contributed by atoms with E-state index in [2.05, 4.69) is 48.7 Å². The average Bonchev–Trinajstić information content (AvgIpc) is 2.88. The van der Waals surface area contributed by atoms with Crippen molar-refractivity contribution >= 4 is 23.2 Å². The van der Waals surface area contributed by atoms with E-state index < -0.39 is 0 Å². The van der Waals surface area contributed by atoms with E-state index in [1.54, 1.807) is 12.4 Å². The summed E-state index contributed by atoms with van der Waals surface area (Å²) in [5.41, 5.74) is 4.04. The van der Waals surface area contributed by atoms with Gasteiger partial charge in [-0.2, -0.15) is 0 Å². The van der Waals surface area contributed by atoms with Gasteiger partial charge in [0.1, 0.15) is 5.82 Å². The molecular weight excluding hydrogens is 414 g/mol. The number of hydrogen-bond acceptors (Lipinski definition) is 6. The number of anilines is 3. The molecule has 0 spiro atoms. The number of carbonyl (C=O) groups is 1. The number of nitrogens with one attached hydrogen (secondary N) is 3. The number of nitrogens with zero attached hydrogens (tertiary/aromatic N) is 4. The van der Waals surface area contributed by atoms with Crippen molar-refractivity contribution in [2.24, 2.45) is 0 Å². The second-order valence-electron chi connectivity index (χ2n) is 8.04. The zero-order valence-corrected chi connectivity index (χ0v) is 19.0. The number of carbonyl (C=O) groups excluding carboxylic acids is 1. The first-order valence-electron chi connectivity index (χ1n) is 11.4. The number of urea groups is 1. The number of hydrogen-bond donors (Lipinski definition) is 3. The van der Waals surface area contributed by atoms with Crippen LogP contribution in [-0.4, -0.2) is 53.6 Å². The van der Waals surface area contributed by atoms with Crippen molar-refractivity contribution in [3.8, 4) is 0 Å². The number of amides is 2. The Balaban J connectivity index is 1.21. The zero-order chi connectivity index (χ0) is 22.9. The van der Waals surface area contributed by atoms with E-state index in [0.717, 1.165) is 61.0 Å². The lowest BCUT2D eigenvalue weighted by Gasteiger charge is -2.34. The summed E-state index contributed by atoms with van der Waals surface area (Å²) in [6, 6.07) is 15.6. The molecule has 8 heteroatoms. The summed E-state index contributed by atoms with van der Waals surface area (Å²) in [6.45, 7) is 8.29. The first-order valence-corrected chi connectivity index (χ1v) is 11.4. The van der Waals surface area contributed by atoms with Gasteiger partial charge in [0.2, 0.25) is 0 Å². The summed E-state index contributed by atoms with van der Waals surface area (Å²) in [6.07, 6.45) is 5.32. The van der Waals surface area contributed by atoms with Gasteiger partial charge in [0, 0.05) is 69.2 Å². The van der Waals surface area contributed by atoms with Gasteiger partial charge in [0.05, 0.1) is 0 Å². The molecule has 2 aromatic heterocycles. The van der Waals surface area contributed by atoms with Crippen molar-refractivity contribution < 1.29 is 4.79 Å². The quantitative estimate of drug-likeness (QED) is 0.493. The van der Waals surface area contributed by atoms with Crippen molar-refractivity contribution in [3.05, 3.63) is 78.2 Å². The molecule has 1 saturated heterocycles. The Labute approximate surface area is 195 Å². The molecule has 3 N–H and O–H groups in total. The third kappa shape index (κ3) is 6.66. The summed E-state index contributed by atoms with van der Waals surface area (Å²) in [4.78, 5) is 25.6. The first-order chi connectivity index (χ1) is 16.2. The molecule has 0 bridgehead atoms. The Morgan fingerprint density at radius 3 is 2.21 bits per heavy atom. The van der Waals surface area contributed by atoms with E-state index in [-0.39, 0.29) is 6.03 Å². The Bertz CT molecular complexity index is 1020. The monoisotopic (exact) mass is 445 g/mol. The van der Waals surface area contributed by atoms with Gasteiger partial charge < -0.3 is 25.8 Å². The van der Waals surface area contributed by atoms with Crippen LogP contribution in [0.3, 0.4) is 0 Å². The molecular formula is C25H31N7O. The van der Waals surface area contributed by atoms with Gasteiger partial charge in [-0.1, -0.05) is 19.1 Å². The van der Waals surface area contributed by atoms with E-state index in [1.807, 2.05) is 48.7 Å². The molecule has 0 unspecified atom stereocenters. The number of rotatable bonds is 8. The number of piperazine rings is 1. The van der Waals surface area contributed by atoms with E-state index in [1.165, 1.54) is 0 Å². The molecule has 1 aliphatic rings. The molecule has 1 aromatic carbocycles. The fraction of sp³-hybridized carbons (Fsp3) is 0.320. The number of benzene rings is 1.